The van der Waals surface area contributed by atoms with Crippen molar-refractivity contribution in [3.8, 4) is 51.7 Å². The van der Waals surface area contributed by atoms with Crippen molar-refractivity contribution in [1.29, 1.82) is 0 Å². The van der Waals surface area contributed by atoms with E-state index in [1.165, 1.54) is 18.2 Å². The zero-order valence-electron chi connectivity index (χ0n) is 43.9. The second-order valence-electron chi connectivity index (χ2n) is 18.5. The summed E-state index contributed by atoms with van der Waals surface area (Å²) in [5.41, 5.74) is 5.71. The van der Waals surface area contributed by atoms with Gasteiger partial charge in [-0.05, 0) is 69.8 Å². The van der Waals surface area contributed by atoms with Crippen LogP contribution < -0.4 is 42.6 Å². The molecule has 0 unspecified atom stereocenters. The minimum atomic E-state index is -0.822. The molecule has 0 saturated heterocycles. The molecule has 0 bridgehead atoms. The summed E-state index contributed by atoms with van der Waals surface area (Å²) in [4.78, 5) is 43.1. The zero-order valence-corrected chi connectivity index (χ0v) is 43.9. The first-order valence-corrected chi connectivity index (χ1v) is 26.1. The van der Waals surface area contributed by atoms with Crippen LogP contribution in [0.1, 0.15) is 64.5 Å². The lowest BCUT2D eigenvalue weighted by Gasteiger charge is -2.15. The lowest BCUT2D eigenvalue weighted by atomic mass is 10.2. The van der Waals surface area contributed by atoms with Gasteiger partial charge in [-0.25, -0.2) is 14.4 Å². The molecule has 12 heteroatoms. The highest BCUT2D eigenvalue weighted by molar-refractivity contribution is 5.94. The van der Waals surface area contributed by atoms with Crippen LogP contribution in [-0.4, -0.2) is 17.9 Å². The minimum absolute atomic E-state index is 0.0789. The Morgan fingerprint density at radius 2 is 0.370 bits per heavy atom. The zero-order chi connectivity index (χ0) is 55.4. The van der Waals surface area contributed by atoms with Crippen molar-refractivity contribution in [2.45, 2.75) is 39.6 Å². The Kier molecular flexibility index (Phi) is 18.0. The van der Waals surface area contributed by atoms with Crippen LogP contribution in [-0.2, 0) is 39.6 Å². The Labute approximate surface area is 469 Å². The van der Waals surface area contributed by atoms with Gasteiger partial charge in [-0.3, -0.25) is 0 Å². The molecule has 0 atom stereocenters. The van der Waals surface area contributed by atoms with E-state index in [0.717, 1.165) is 33.4 Å². The van der Waals surface area contributed by atoms with Crippen LogP contribution >= 0.6 is 0 Å². The van der Waals surface area contributed by atoms with E-state index < -0.39 is 17.9 Å². The van der Waals surface area contributed by atoms with Crippen molar-refractivity contribution in [3.63, 3.8) is 0 Å². The standard InChI is InChI=1S/C69H54O12/c70-67(55-31-58(73-43-49-19-7-1-8-20-49)37-59(32-55)74-44-50-21-9-2-10-22-50)79-64-40-65(80-68(71)56-33-60(75-45-51-23-11-3-12-24-51)38-61(34-56)76-46-52-25-13-4-14-26-52)42-66(41-64)81-69(72)57-35-62(77-47-53-27-15-5-16-28-53)39-63(36-57)78-48-54-29-17-6-18-30-54/h1-42H,43-48H2. The van der Waals surface area contributed by atoms with Gasteiger partial charge in [-0.1, -0.05) is 182 Å². The first kappa shape index (κ1) is 53.8. The average molecular weight is 1080 g/mol. The van der Waals surface area contributed by atoms with E-state index in [1.807, 2.05) is 182 Å². The molecule has 81 heavy (non-hydrogen) atoms. The molecule has 0 N–H and O–H groups in total. The summed E-state index contributed by atoms with van der Waals surface area (Å²) in [5, 5.41) is 0. The summed E-state index contributed by atoms with van der Waals surface area (Å²) in [5.74, 6) is -0.785. The maximum atomic E-state index is 14.4. The normalized spacial score (nSPS) is 10.7. The molecule has 0 aromatic heterocycles. The number of ether oxygens (including phenoxy) is 9. The molecular weight excluding hydrogens is 1020 g/mol. The van der Waals surface area contributed by atoms with E-state index in [2.05, 4.69) is 0 Å². The number of benzene rings is 10. The largest absolute Gasteiger partial charge is 0.489 e. The lowest BCUT2D eigenvalue weighted by molar-refractivity contribution is 0.0728. The van der Waals surface area contributed by atoms with Crippen LogP contribution in [0, 0.1) is 0 Å². The molecule has 0 spiro atoms. The highest BCUT2D eigenvalue weighted by Gasteiger charge is 2.21. The molecule has 402 valence electrons. The number of rotatable bonds is 24. The van der Waals surface area contributed by atoms with E-state index in [9.17, 15) is 14.4 Å². The topological polar surface area (TPSA) is 134 Å². The molecular formula is C69H54O12. The first-order valence-electron chi connectivity index (χ1n) is 26.1. The summed E-state index contributed by atoms with van der Waals surface area (Å²) in [6.45, 7) is 1.28. The quantitative estimate of drug-likeness (QED) is 0.0421. The maximum absolute atomic E-state index is 14.4. The van der Waals surface area contributed by atoms with Gasteiger partial charge in [0, 0.05) is 36.4 Å². The van der Waals surface area contributed by atoms with E-state index in [0.29, 0.717) is 34.5 Å². The minimum Gasteiger partial charge on any atom is -0.489 e. The highest BCUT2D eigenvalue weighted by Crippen LogP contribution is 2.34. The smallest absolute Gasteiger partial charge is 0.343 e. The van der Waals surface area contributed by atoms with Crippen LogP contribution in [0.3, 0.4) is 0 Å². The van der Waals surface area contributed by atoms with Gasteiger partial charge in [-0.15, -0.1) is 0 Å². The van der Waals surface area contributed by atoms with Gasteiger partial charge in [0.25, 0.3) is 0 Å². The third-order valence-electron chi connectivity index (χ3n) is 12.3. The van der Waals surface area contributed by atoms with Gasteiger partial charge in [0.05, 0.1) is 16.7 Å². The molecule has 0 aliphatic carbocycles. The molecule has 0 aliphatic rings. The van der Waals surface area contributed by atoms with Gasteiger partial charge < -0.3 is 42.6 Å². The van der Waals surface area contributed by atoms with Crippen molar-refractivity contribution in [1.82, 2.24) is 0 Å². The van der Waals surface area contributed by atoms with Crippen LogP contribution in [0.4, 0.5) is 0 Å². The van der Waals surface area contributed by atoms with Crippen molar-refractivity contribution in [3.05, 3.63) is 305 Å². The summed E-state index contributed by atoms with van der Waals surface area (Å²) in [6, 6.07) is 75.9. The Bertz CT molecular complexity index is 3090. The van der Waals surface area contributed by atoms with E-state index in [4.69, 9.17) is 42.6 Å². The third kappa shape index (κ3) is 16.2. The Hall–Kier alpha value is -10.6. The molecule has 0 heterocycles. The summed E-state index contributed by atoms with van der Waals surface area (Å²) in [6.07, 6.45) is 0. The molecule has 10 aromatic rings. The van der Waals surface area contributed by atoms with Crippen LogP contribution in [0.2, 0.25) is 0 Å². The average Bonchev–Trinajstić information content (AvgIpc) is 3.52. The predicted molar refractivity (Wildman–Crippen MR) is 305 cm³/mol. The second-order valence-corrected chi connectivity index (χ2v) is 18.5. The molecule has 10 rings (SSSR count). The SMILES string of the molecule is O=C(Oc1cc(OC(=O)c2cc(OCc3ccccc3)cc(OCc3ccccc3)c2)cc(OC(=O)c2cc(OCc3ccccc3)cc(OCc3ccccc3)c2)c1)c1cc(OCc2ccccc2)cc(OCc2ccccc2)c1. The van der Waals surface area contributed by atoms with Gasteiger partial charge in [0.1, 0.15) is 91.4 Å². The molecule has 0 fully saturated rings. The Morgan fingerprint density at radius 1 is 0.210 bits per heavy atom. The summed E-state index contributed by atoms with van der Waals surface area (Å²) in [7, 11) is 0. The molecule has 10 aromatic carbocycles. The Balaban J connectivity index is 0.961. The van der Waals surface area contributed by atoms with Crippen molar-refractivity contribution in [2.24, 2.45) is 0 Å². The van der Waals surface area contributed by atoms with Crippen molar-refractivity contribution >= 4 is 17.9 Å². The Morgan fingerprint density at radius 3 is 0.543 bits per heavy atom. The molecule has 0 saturated carbocycles. The molecule has 0 aliphatic heterocycles. The predicted octanol–water partition coefficient (Wildman–Crippen LogP) is 14.8. The van der Waals surface area contributed by atoms with Crippen LogP contribution in [0.5, 0.6) is 51.7 Å². The number of carbonyl (C=O) groups is 3. The summed E-state index contributed by atoms with van der Waals surface area (Å²) >= 11 is 0. The second kappa shape index (κ2) is 27.1. The van der Waals surface area contributed by atoms with Gasteiger partial charge in [-0.2, -0.15) is 0 Å². The van der Waals surface area contributed by atoms with Crippen LogP contribution in [0.25, 0.3) is 0 Å². The summed E-state index contributed by atoms with van der Waals surface area (Å²) < 4.78 is 55.2. The maximum Gasteiger partial charge on any atom is 0.343 e. The highest BCUT2D eigenvalue weighted by atomic mass is 16.6. The number of hydrogen-bond donors (Lipinski definition) is 0. The molecule has 0 amide bonds. The lowest BCUT2D eigenvalue weighted by Crippen LogP contribution is -2.13. The van der Waals surface area contributed by atoms with E-state index in [-0.39, 0.29) is 73.6 Å². The van der Waals surface area contributed by atoms with Crippen molar-refractivity contribution in [2.75, 3.05) is 0 Å². The van der Waals surface area contributed by atoms with Crippen LogP contribution in [0.15, 0.2) is 255 Å². The van der Waals surface area contributed by atoms with Gasteiger partial charge in [0.15, 0.2) is 0 Å². The number of carbonyl (C=O) groups excluding carboxylic acids is 3. The number of hydrogen-bond acceptors (Lipinski definition) is 12. The fourth-order valence-corrected chi connectivity index (χ4v) is 8.23. The number of esters is 3. The monoisotopic (exact) mass is 1070 g/mol. The molecule has 0 radical (unpaired) electrons. The third-order valence-corrected chi connectivity index (χ3v) is 12.3. The van der Waals surface area contributed by atoms with Gasteiger partial charge >= 0.3 is 17.9 Å². The fourth-order valence-electron chi connectivity index (χ4n) is 8.23. The van der Waals surface area contributed by atoms with Gasteiger partial charge in [0.2, 0.25) is 0 Å². The van der Waals surface area contributed by atoms with Crippen molar-refractivity contribution < 1.29 is 57.0 Å². The van der Waals surface area contributed by atoms with E-state index >= 15 is 0 Å². The fraction of sp³-hybridized carbons (Fsp3) is 0.0870. The molecule has 12 nitrogen and oxygen atoms in total. The van der Waals surface area contributed by atoms with E-state index in [1.54, 1.807) is 54.6 Å². The first-order chi connectivity index (χ1) is 39.8.